The van der Waals surface area contributed by atoms with Crippen LogP contribution < -0.4 is 5.32 Å². The van der Waals surface area contributed by atoms with Crippen molar-refractivity contribution in [3.8, 4) is 6.07 Å². The number of hydrogen-bond acceptors (Lipinski definition) is 3. The third-order valence-electron chi connectivity index (χ3n) is 3.14. The van der Waals surface area contributed by atoms with Crippen LogP contribution in [-0.2, 0) is 16.1 Å². The first kappa shape index (κ1) is 12.6. The van der Waals surface area contributed by atoms with Crippen LogP contribution in [0.25, 0.3) is 0 Å². The van der Waals surface area contributed by atoms with E-state index in [0.717, 1.165) is 18.4 Å². The fourth-order valence-electron chi connectivity index (χ4n) is 1.99. The summed E-state index contributed by atoms with van der Waals surface area (Å²) in [4.78, 5) is 11.9. The number of rotatable bonds is 3. The number of nitrogens with one attached hydrogen (secondary N) is 1. The van der Waals surface area contributed by atoms with Crippen molar-refractivity contribution in [2.45, 2.75) is 19.4 Å². The summed E-state index contributed by atoms with van der Waals surface area (Å²) < 4.78 is 5.23. The summed E-state index contributed by atoms with van der Waals surface area (Å²) in [5.41, 5.74) is 1.64. The number of hydrogen-bond donors (Lipinski definition) is 1. The monoisotopic (exact) mass is 244 g/mol. The Morgan fingerprint density at radius 2 is 2.00 bits per heavy atom. The van der Waals surface area contributed by atoms with Crippen LogP contribution in [0.4, 0.5) is 0 Å². The van der Waals surface area contributed by atoms with Gasteiger partial charge < -0.3 is 10.1 Å². The van der Waals surface area contributed by atoms with Gasteiger partial charge in [-0.05, 0) is 30.5 Å². The third kappa shape index (κ3) is 3.31. The lowest BCUT2D eigenvalue weighted by Gasteiger charge is -2.21. The topological polar surface area (TPSA) is 62.1 Å². The first-order chi connectivity index (χ1) is 8.79. The van der Waals surface area contributed by atoms with Crippen LogP contribution >= 0.6 is 0 Å². The molecule has 0 unspecified atom stereocenters. The van der Waals surface area contributed by atoms with E-state index in [1.165, 1.54) is 0 Å². The first-order valence-electron chi connectivity index (χ1n) is 6.14. The molecule has 4 nitrogen and oxygen atoms in total. The van der Waals surface area contributed by atoms with Crippen LogP contribution in [0.5, 0.6) is 0 Å². The Labute approximate surface area is 107 Å². The molecule has 1 aromatic rings. The predicted octanol–water partition coefficient (Wildman–Crippen LogP) is 1.60. The normalized spacial score (nSPS) is 15.9. The third-order valence-corrected chi connectivity index (χ3v) is 3.14. The van der Waals surface area contributed by atoms with Crippen LogP contribution in [0.3, 0.4) is 0 Å². The molecule has 0 aromatic heterocycles. The van der Waals surface area contributed by atoms with Crippen molar-refractivity contribution in [3.05, 3.63) is 35.4 Å². The average molecular weight is 244 g/mol. The minimum atomic E-state index is 0.0807. The van der Waals surface area contributed by atoms with Crippen molar-refractivity contribution in [2.24, 2.45) is 5.92 Å². The molecule has 0 aliphatic carbocycles. The van der Waals surface area contributed by atoms with Gasteiger partial charge in [-0.1, -0.05) is 12.1 Å². The van der Waals surface area contributed by atoms with E-state index < -0.39 is 0 Å². The fraction of sp³-hybridized carbons (Fsp3) is 0.429. The van der Waals surface area contributed by atoms with Gasteiger partial charge in [0, 0.05) is 25.7 Å². The van der Waals surface area contributed by atoms with Gasteiger partial charge in [-0.15, -0.1) is 0 Å². The van der Waals surface area contributed by atoms with Crippen molar-refractivity contribution < 1.29 is 9.53 Å². The minimum Gasteiger partial charge on any atom is -0.381 e. The zero-order chi connectivity index (χ0) is 12.8. The second-order valence-corrected chi connectivity index (χ2v) is 4.41. The molecule has 0 saturated carbocycles. The van der Waals surface area contributed by atoms with E-state index in [9.17, 15) is 4.79 Å². The standard InChI is InChI=1S/C14H16N2O2/c15-9-11-1-3-12(4-2-11)10-16-14(17)13-5-7-18-8-6-13/h1-4,13H,5-8,10H2,(H,16,17). The molecule has 0 atom stereocenters. The Morgan fingerprint density at radius 1 is 1.33 bits per heavy atom. The van der Waals surface area contributed by atoms with Crippen LogP contribution in [0.2, 0.25) is 0 Å². The van der Waals surface area contributed by atoms with E-state index in [1.54, 1.807) is 12.1 Å². The van der Waals surface area contributed by atoms with Gasteiger partial charge in [-0.3, -0.25) is 4.79 Å². The molecule has 1 saturated heterocycles. The number of nitrogens with zero attached hydrogens (tertiary/aromatic N) is 1. The van der Waals surface area contributed by atoms with Crippen LogP contribution in [0.15, 0.2) is 24.3 Å². The maximum atomic E-state index is 11.9. The highest BCUT2D eigenvalue weighted by molar-refractivity contribution is 5.78. The summed E-state index contributed by atoms with van der Waals surface area (Å²) in [7, 11) is 0. The van der Waals surface area contributed by atoms with Gasteiger partial charge in [-0.2, -0.15) is 5.26 Å². The summed E-state index contributed by atoms with van der Waals surface area (Å²) in [6.07, 6.45) is 1.61. The molecular formula is C14H16N2O2. The van der Waals surface area contributed by atoms with Gasteiger partial charge >= 0.3 is 0 Å². The van der Waals surface area contributed by atoms with E-state index in [4.69, 9.17) is 10.00 Å². The van der Waals surface area contributed by atoms with Crippen LogP contribution in [0.1, 0.15) is 24.0 Å². The minimum absolute atomic E-state index is 0.0807. The summed E-state index contributed by atoms with van der Waals surface area (Å²) >= 11 is 0. The Morgan fingerprint density at radius 3 is 2.61 bits per heavy atom. The largest absolute Gasteiger partial charge is 0.381 e. The number of ether oxygens (including phenoxy) is 1. The van der Waals surface area contributed by atoms with E-state index in [0.29, 0.717) is 25.3 Å². The molecule has 94 valence electrons. The Balaban J connectivity index is 1.83. The molecule has 1 aliphatic heterocycles. The van der Waals surface area contributed by atoms with Gasteiger partial charge in [0.25, 0.3) is 0 Å². The molecular weight excluding hydrogens is 228 g/mol. The zero-order valence-electron chi connectivity index (χ0n) is 10.2. The zero-order valence-corrected chi connectivity index (χ0v) is 10.2. The average Bonchev–Trinajstić information content (AvgIpc) is 2.46. The van der Waals surface area contributed by atoms with Crippen LogP contribution in [0, 0.1) is 17.2 Å². The van der Waals surface area contributed by atoms with Crippen molar-refractivity contribution >= 4 is 5.91 Å². The van der Waals surface area contributed by atoms with Crippen LogP contribution in [-0.4, -0.2) is 19.1 Å². The molecule has 1 heterocycles. The van der Waals surface area contributed by atoms with Crippen molar-refractivity contribution in [1.29, 1.82) is 5.26 Å². The Kier molecular flexibility index (Phi) is 4.32. The highest BCUT2D eigenvalue weighted by atomic mass is 16.5. The lowest BCUT2D eigenvalue weighted by atomic mass is 9.99. The molecule has 1 aromatic carbocycles. The molecule has 0 radical (unpaired) electrons. The first-order valence-corrected chi connectivity index (χ1v) is 6.14. The molecule has 18 heavy (non-hydrogen) atoms. The van der Waals surface area contributed by atoms with E-state index in [1.807, 2.05) is 12.1 Å². The number of amides is 1. The van der Waals surface area contributed by atoms with Gasteiger partial charge in [0.05, 0.1) is 11.6 Å². The molecule has 0 bridgehead atoms. The van der Waals surface area contributed by atoms with Gasteiger partial charge in [0.15, 0.2) is 0 Å². The number of carbonyl (C=O) groups is 1. The van der Waals surface area contributed by atoms with Crippen molar-refractivity contribution in [3.63, 3.8) is 0 Å². The quantitative estimate of drug-likeness (QED) is 0.878. The summed E-state index contributed by atoms with van der Waals surface area (Å²) in [5.74, 6) is 0.180. The smallest absolute Gasteiger partial charge is 0.223 e. The molecule has 4 heteroatoms. The van der Waals surface area contributed by atoms with E-state index in [2.05, 4.69) is 11.4 Å². The highest BCUT2D eigenvalue weighted by Crippen LogP contribution is 2.14. The SMILES string of the molecule is N#Cc1ccc(CNC(=O)C2CCOCC2)cc1. The number of benzene rings is 1. The molecule has 1 N–H and O–H groups in total. The summed E-state index contributed by atoms with van der Waals surface area (Å²) in [5, 5.41) is 11.6. The maximum absolute atomic E-state index is 11.9. The number of carbonyl (C=O) groups excluding carboxylic acids is 1. The Hall–Kier alpha value is -1.86. The second kappa shape index (κ2) is 6.18. The molecule has 1 aliphatic rings. The van der Waals surface area contributed by atoms with E-state index >= 15 is 0 Å². The molecule has 0 spiro atoms. The molecule has 1 fully saturated rings. The Bertz CT molecular complexity index is 442. The van der Waals surface area contributed by atoms with Crippen molar-refractivity contribution in [1.82, 2.24) is 5.32 Å². The highest BCUT2D eigenvalue weighted by Gasteiger charge is 2.20. The number of nitriles is 1. The van der Waals surface area contributed by atoms with Gasteiger partial charge in [0.1, 0.15) is 0 Å². The maximum Gasteiger partial charge on any atom is 0.223 e. The van der Waals surface area contributed by atoms with Gasteiger partial charge in [0.2, 0.25) is 5.91 Å². The fourth-order valence-corrected chi connectivity index (χ4v) is 1.99. The molecule has 2 rings (SSSR count). The molecule has 1 amide bonds. The predicted molar refractivity (Wildman–Crippen MR) is 66.5 cm³/mol. The second-order valence-electron chi connectivity index (χ2n) is 4.41. The van der Waals surface area contributed by atoms with Crippen molar-refractivity contribution in [2.75, 3.05) is 13.2 Å². The summed E-state index contributed by atoms with van der Waals surface area (Å²) in [6.45, 7) is 1.87. The van der Waals surface area contributed by atoms with Gasteiger partial charge in [-0.25, -0.2) is 0 Å². The lowest BCUT2D eigenvalue weighted by Crippen LogP contribution is -2.33. The summed E-state index contributed by atoms with van der Waals surface area (Å²) in [6, 6.07) is 9.32. The lowest BCUT2D eigenvalue weighted by molar-refractivity contribution is -0.128. The van der Waals surface area contributed by atoms with E-state index in [-0.39, 0.29) is 11.8 Å².